The van der Waals surface area contributed by atoms with E-state index in [0.717, 1.165) is 17.2 Å². The lowest BCUT2D eigenvalue weighted by Crippen LogP contribution is -2.15. The van der Waals surface area contributed by atoms with Crippen molar-refractivity contribution in [1.82, 2.24) is 0 Å². The second-order valence-corrected chi connectivity index (χ2v) is 4.32. The van der Waals surface area contributed by atoms with E-state index in [-0.39, 0.29) is 12.3 Å². The van der Waals surface area contributed by atoms with Crippen molar-refractivity contribution < 1.29 is 14.3 Å². The molecule has 0 aliphatic carbocycles. The summed E-state index contributed by atoms with van der Waals surface area (Å²) < 4.78 is 13.1. The van der Waals surface area contributed by atoms with Gasteiger partial charge < -0.3 is 10.4 Å². The van der Waals surface area contributed by atoms with Gasteiger partial charge in [0.15, 0.2) is 11.6 Å². The molecule has 0 heterocycles. The summed E-state index contributed by atoms with van der Waals surface area (Å²) in [6.07, 6.45) is 0.231. The summed E-state index contributed by atoms with van der Waals surface area (Å²) in [7, 11) is 0. The third-order valence-corrected chi connectivity index (χ3v) is 2.84. The van der Waals surface area contributed by atoms with E-state index >= 15 is 0 Å². The average Bonchev–Trinajstić information content (AvgIpc) is 2.37. The molecular formula is C15H14FNO2. The molecule has 2 aromatic carbocycles. The van der Waals surface area contributed by atoms with Gasteiger partial charge in [0.05, 0.1) is 6.42 Å². The van der Waals surface area contributed by atoms with Crippen LogP contribution in [0.5, 0.6) is 5.75 Å². The minimum Gasteiger partial charge on any atom is -0.505 e. The maximum absolute atomic E-state index is 13.1. The third-order valence-electron chi connectivity index (χ3n) is 2.84. The number of aryl methyl sites for hydroxylation is 1. The zero-order valence-electron chi connectivity index (χ0n) is 10.5. The number of benzene rings is 2. The number of phenolic OH excluding ortho intramolecular Hbond substituents is 1. The van der Waals surface area contributed by atoms with Gasteiger partial charge >= 0.3 is 0 Å². The highest BCUT2D eigenvalue weighted by molar-refractivity contribution is 5.92. The Morgan fingerprint density at radius 2 is 2.00 bits per heavy atom. The number of halogens is 1. The third kappa shape index (κ3) is 3.31. The minimum absolute atomic E-state index is 0.223. The summed E-state index contributed by atoms with van der Waals surface area (Å²) in [5, 5.41) is 11.7. The SMILES string of the molecule is Cc1ccccc1CC(=O)Nc1ccc(O)c(F)c1. The van der Waals surface area contributed by atoms with Crippen molar-refractivity contribution in [3.05, 3.63) is 59.4 Å². The molecule has 0 radical (unpaired) electrons. The van der Waals surface area contributed by atoms with Gasteiger partial charge in [-0.2, -0.15) is 0 Å². The van der Waals surface area contributed by atoms with Gasteiger partial charge in [0.1, 0.15) is 0 Å². The minimum atomic E-state index is -0.756. The fourth-order valence-corrected chi connectivity index (χ4v) is 1.77. The maximum Gasteiger partial charge on any atom is 0.228 e. The van der Waals surface area contributed by atoms with Crippen molar-refractivity contribution in [2.75, 3.05) is 5.32 Å². The molecule has 0 saturated heterocycles. The van der Waals surface area contributed by atoms with Crippen molar-refractivity contribution >= 4 is 11.6 Å². The molecule has 3 nitrogen and oxygen atoms in total. The number of hydrogen-bond acceptors (Lipinski definition) is 2. The van der Waals surface area contributed by atoms with Gasteiger partial charge in [0, 0.05) is 11.8 Å². The Hall–Kier alpha value is -2.36. The van der Waals surface area contributed by atoms with Gasteiger partial charge in [0.2, 0.25) is 5.91 Å². The van der Waals surface area contributed by atoms with Crippen molar-refractivity contribution in [2.45, 2.75) is 13.3 Å². The first-order valence-corrected chi connectivity index (χ1v) is 5.89. The Morgan fingerprint density at radius 1 is 1.26 bits per heavy atom. The molecule has 0 unspecified atom stereocenters. The molecule has 1 amide bonds. The topological polar surface area (TPSA) is 49.3 Å². The predicted molar refractivity (Wildman–Crippen MR) is 71.6 cm³/mol. The fourth-order valence-electron chi connectivity index (χ4n) is 1.77. The zero-order chi connectivity index (χ0) is 13.8. The number of phenols is 1. The van der Waals surface area contributed by atoms with Crippen LogP contribution in [0.2, 0.25) is 0 Å². The average molecular weight is 259 g/mol. The highest BCUT2D eigenvalue weighted by atomic mass is 19.1. The van der Waals surface area contributed by atoms with Crippen LogP contribution in [0.25, 0.3) is 0 Å². The molecular weight excluding hydrogens is 245 g/mol. The first kappa shape index (κ1) is 13.1. The first-order chi connectivity index (χ1) is 9.06. The normalized spacial score (nSPS) is 10.2. The lowest BCUT2D eigenvalue weighted by molar-refractivity contribution is -0.115. The van der Waals surface area contributed by atoms with Crippen LogP contribution < -0.4 is 5.32 Å². The standard InChI is InChI=1S/C15H14FNO2/c1-10-4-2-3-5-11(10)8-15(19)17-12-6-7-14(18)13(16)9-12/h2-7,9,18H,8H2,1H3,(H,17,19). The maximum atomic E-state index is 13.1. The van der Waals surface area contributed by atoms with E-state index in [0.29, 0.717) is 5.69 Å². The molecule has 2 aromatic rings. The second kappa shape index (κ2) is 5.52. The molecule has 4 heteroatoms. The number of carbonyl (C=O) groups excluding carboxylic acids is 1. The van der Waals surface area contributed by atoms with E-state index in [1.807, 2.05) is 31.2 Å². The number of carbonyl (C=O) groups is 1. The Kier molecular flexibility index (Phi) is 3.80. The monoisotopic (exact) mass is 259 g/mol. The van der Waals surface area contributed by atoms with E-state index in [9.17, 15) is 9.18 Å². The summed E-state index contributed by atoms with van der Waals surface area (Å²) in [5.41, 5.74) is 2.29. The summed E-state index contributed by atoms with van der Waals surface area (Å²) in [6.45, 7) is 1.93. The Bertz CT molecular complexity index is 611. The highest BCUT2D eigenvalue weighted by Crippen LogP contribution is 2.19. The molecule has 0 aliphatic heterocycles. The summed E-state index contributed by atoms with van der Waals surface area (Å²) in [4.78, 5) is 11.8. The van der Waals surface area contributed by atoms with Crippen LogP contribution in [0.15, 0.2) is 42.5 Å². The predicted octanol–water partition coefficient (Wildman–Crippen LogP) is 3.02. The van der Waals surface area contributed by atoms with Crippen LogP contribution in [0.3, 0.4) is 0 Å². The Morgan fingerprint density at radius 3 is 2.68 bits per heavy atom. The van der Waals surface area contributed by atoms with Crippen LogP contribution >= 0.6 is 0 Å². The van der Waals surface area contributed by atoms with Gasteiger partial charge in [-0.3, -0.25) is 4.79 Å². The molecule has 0 aliphatic rings. The number of rotatable bonds is 3. The molecule has 98 valence electrons. The molecule has 2 N–H and O–H groups in total. The van der Waals surface area contributed by atoms with Crippen molar-refractivity contribution in [3.63, 3.8) is 0 Å². The number of hydrogen-bond donors (Lipinski definition) is 2. The molecule has 0 aromatic heterocycles. The molecule has 0 saturated carbocycles. The van der Waals surface area contributed by atoms with Gasteiger partial charge in [-0.1, -0.05) is 24.3 Å². The van der Waals surface area contributed by atoms with E-state index in [4.69, 9.17) is 5.11 Å². The van der Waals surface area contributed by atoms with Crippen LogP contribution in [0.4, 0.5) is 10.1 Å². The fraction of sp³-hybridized carbons (Fsp3) is 0.133. The number of anilines is 1. The van der Waals surface area contributed by atoms with E-state index in [1.54, 1.807) is 0 Å². The largest absolute Gasteiger partial charge is 0.505 e. The molecule has 2 rings (SSSR count). The summed E-state index contributed by atoms with van der Waals surface area (Å²) in [5.74, 6) is -1.41. The van der Waals surface area contributed by atoms with Crippen molar-refractivity contribution in [2.24, 2.45) is 0 Å². The van der Waals surface area contributed by atoms with E-state index in [1.165, 1.54) is 12.1 Å². The van der Waals surface area contributed by atoms with Gasteiger partial charge in [0.25, 0.3) is 0 Å². The number of aromatic hydroxyl groups is 1. The van der Waals surface area contributed by atoms with Crippen LogP contribution in [-0.2, 0) is 11.2 Å². The molecule has 0 bridgehead atoms. The lowest BCUT2D eigenvalue weighted by atomic mass is 10.1. The highest BCUT2D eigenvalue weighted by Gasteiger charge is 2.07. The molecule has 0 fully saturated rings. The smallest absolute Gasteiger partial charge is 0.228 e. The van der Waals surface area contributed by atoms with Gasteiger partial charge in [-0.25, -0.2) is 4.39 Å². The quantitative estimate of drug-likeness (QED) is 0.832. The van der Waals surface area contributed by atoms with Gasteiger partial charge in [-0.15, -0.1) is 0 Å². The second-order valence-electron chi connectivity index (χ2n) is 4.32. The van der Waals surface area contributed by atoms with Crippen LogP contribution in [0, 0.1) is 12.7 Å². The Labute approximate surface area is 110 Å². The van der Waals surface area contributed by atoms with Crippen LogP contribution in [-0.4, -0.2) is 11.0 Å². The zero-order valence-corrected chi connectivity index (χ0v) is 10.5. The summed E-state index contributed by atoms with van der Waals surface area (Å²) in [6, 6.07) is 11.3. The first-order valence-electron chi connectivity index (χ1n) is 5.89. The van der Waals surface area contributed by atoms with E-state index in [2.05, 4.69) is 5.32 Å². The number of nitrogens with one attached hydrogen (secondary N) is 1. The molecule has 0 atom stereocenters. The molecule has 19 heavy (non-hydrogen) atoms. The lowest BCUT2D eigenvalue weighted by Gasteiger charge is -2.07. The summed E-state index contributed by atoms with van der Waals surface area (Å²) >= 11 is 0. The van der Waals surface area contributed by atoms with Crippen molar-refractivity contribution in [1.29, 1.82) is 0 Å². The van der Waals surface area contributed by atoms with Crippen LogP contribution in [0.1, 0.15) is 11.1 Å². The van der Waals surface area contributed by atoms with E-state index < -0.39 is 11.6 Å². The van der Waals surface area contributed by atoms with Crippen molar-refractivity contribution in [3.8, 4) is 5.75 Å². The van der Waals surface area contributed by atoms with Gasteiger partial charge in [-0.05, 0) is 30.2 Å². The Balaban J connectivity index is 2.05. The molecule has 0 spiro atoms. The number of amides is 1.